The van der Waals surface area contributed by atoms with Gasteiger partial charge in [0.25, 0.3) is 0 Å². The van der Waals surface area contributed by atoms with Crippen LogP contribution in [0, 0.1) is 0 Å². The molecule has 1 fully saturated rings. The van der Waals surface area contributed by atoms with Crippen molar-refractivity contribution in [1.29, 1.82) is 0 Å². The van der Waals surface area contributed by atoms with E-state index in [1.807, 2.05) is 0 Å². The molecular formula is C15H20O8. The lowest BCUT2D eigenvalue weighted by Crippen LogP contribution is -2.60. The van der Waals surface area contributed by atoms with Crippen molar-refractivity contribution in [2.75, 3.05) is 13.7 Å². The second-order valence-corrected chi connectivity index (χ2v) is 5.24. The van der Waals surface area contributed by atoms with E-state index in [0.717, 1.165) is 0 Å². The number of ketones is 1. The summed E-state index contributed by atoms with van der Waals surface area (Å²) in [6.45, 7) is 0.859. The first kappa shape index (κ1) is 17.6. The quantitative estimate of drug-likeness (QED) is 0.511. The number of Topliss-reactive ketones (excluding diaryl/α,β-unsaturated/α-hetero) is 1. The fourth-order valence-corrected chi connectivity index (χ4v) is 2.27. The molecule has 0 unspecified atom stereocenters. The monoisotopic (exact) mass is 328 g/mol. The summed E-state index contributed by atoms with van der Waals surface area (Å²) < 4.78 is 15.9. The van der Waals surface area contributed by atoms with Gasteiger partial charge in [0.1, 0.15) is 24.4 Å². The normalized spacial score (nSPS) is 30.8. The molecule has 1 saturated heterocycles. The van der Waals surface area contributed by atoms with Gasteiger partial charge in [-0.3, -0.25) is 4.79 Å². The second kappa shape index (κ2) is 7.24. The molecule has 128 valence electrons. The van der Waals surface area contributed by atoms with Gasteiger partial charge < -0.3 is 34.6 Å². The van der Waals surface area contributed by atoms with Crippen LogP contribution < -0.4 is 9.47 Å². The maximum atomic E-state index is 11.4. The first-order valence-electron chi connectivity index (χ1n) is 7.05. The summed E-state index contributed by atoms with van der Waals surface area (Å²) in [5, 5.41) is 38.6. The maximum absolute atomic E-state index is 11.4. The van der Waals surface area contributed by atoms with Crippen LogP contribution in [0.2, 0.25) is 0 Å². The molecule has 5 atom stereocenters. The molecule has 8 heteroatoms. The number of hydrogen-bond acceptors (Lipinski definition) is 8. The van der Waals surface area contributed by atoms with Crippen LogP contribution in [0.5, 0.6) is 11.5 Å². The summed E-state index contributed by atoms with van der Waals surface area (Å²) in [5.74, 6) is 0.277. The molecule has 0 radical (unpaired) electrons. The lowest BCUT2D eigenvalue weighted by Gasteiger charge is -2.39. The Morgan fingerprint density at radius 3 is 2.43 bits per heavy atom. The van der Waals surface area contributed by atoms with Crippen molar-refractivity contribution < 1.29 is 39.4 Å². The van der Waals surface area contributed by atoms with E-state index in [9.17, 15) is 20.1 Å². The third-order valence-corrected chi connectivity index (χ3v) is 3.66. The van der Waals surface area contributed by atoms with E-state index in [1.165, 1.54) is 32.2 Å². The van der Waals surface area contributed by atoms with Gasteiger partial charge in [-0.05, 0) is 25.1 Å². The van der Waals surface area contributed by atoms with Gasteiger partial charge in [-0.25, -0.2) is 0 Å². The van der Waals surface area contributed by atoms with Crippen LogP contribution in [-0.2, 0) is 4.74 Å². The zero-order valence-corrected chi connectivity index (χ0v) is 12.7. The van der Waals surface area contributed by atoms with Crippen LogP contribution in [0.3, 0.4) is 0 Å². The largest absolute Gasteiger partial charge is 0.493 e. The van der Waals surface area contributed by atoms with Gasteiger partial charge in [-0.1, -0.05) is 0 Å². The van der Waals surface area contributed by atoms with Crippen molar-refractivity contribution in [3.63, 3.8) is 0 Å². The highest BCUT2D eigenvalue weighted by atomic mass is 16.7. The number of aliphatic hydroxyl groups is 4. The molecule has 0 bridgehead atoms. The molecule has 4 N–H and O–H groups in total. The Bertz CT molecular complexity index is 558. The fourth-order valence-electron chi connectivity index (χ4n) is 2.27. The summed E-state index contributed by atoms with van der Waals surface area (Å²) in [4.78, 5) is 11.4. The summed E-state index contributed by atoms with van der Waals surface area (Å²) in [6, 6.07) is 4.46. The fraction of sp³-hybridized carbons (Fsp3) is 0.533. The predicted octanol–water partition coefficient (Wildman–Crippen LogP) is -0.924. The summed E-state index contributed by atoms with van der Waals surface area (Å²) in [5.41, 5.74) is 0.419. The molecule has 1 aliphatic heterocycles. The van der Waals surface area contributed by atoms with E-state index in [-0.39, 0.29) is 17.3 Å². The number of carbonyl (C=O) groups is 1. The Kier molecular flexibility index (Phi) is 5.55. The molecule has 1 aromatic rings. The van der Waals surface area contributed by atoms with Crippen molar-refractivity contribution in [2.45, 2.75) is 37.6 Å². The van der Waals surface area contributed by atoms with Crippen molar-refractivity contribution in [3.8, 4) is 11.5 Å². The zero-order chi connectivity index (χ0) is 17.1. The van der Waals surface area contributed by atoms with Crippen LogP contribution in [0.4, 0.5) is 0 Å². The molecule has 1 aromatic carbocycles. The van der Waals surface area contributed by atoms with Crippen LogP contribution >= 0.6 is 0 Å². The van der Waals surface area contributed by atoms with Gasteiger partial charge in [0.2, 0.25) is 6.29 Å². The van der Waals surface area contributed by atoms with E-state index in [4.69, 9.17) is 19.3 Å². The smallest absolute Gasteiger partial charge is 0.229 e. The van der Waals surface area contributed by atoms with Crippen molar-refractivity contribution in [3.05, 3.63) is 23.8 Å². The first-order valence-corrected chi connectivity index (χ1v) is 7.05. The highest BCUT2D eigenvalue weighted by molar-refractivity contribution is 5.94. The summed E-state index contributed by atoms with van der Waals surface area (Å²) in [6.07, 6.45) is -6.90. The van der Waals surface area contributed by atoms with Crippen LogP contribution in [0.25, 0.3) is 0 Å². The van der Waals surface area contributed by atoms with E-state index in [2.05, 4.69) is 0 Å². The molecule has 1 heterocycles. The number of hydrogen-bond donors (Lipinski definition) is 4. The van der Waals surface area contributed by atoms with Gasteiger partial charge in [0, 0.05) is 5.56 Å². The Balaban J connectivity index is 2.22. The zero-order valence-electron chi connectivity index (χ0n) is 12.7. The Hall–Kier alpha value is -1.71. The molecule has 2 rings (SSSR count). The standard InChI is InChI=1S/C15H20O8/c1-7(17)8-3-4-9(10(5-8)21-2)22-15-14(20)13(19)12(18)11(6-16)23-15/h3-5,11-16,18-20H,6H2,1-2H3/t11-,12+,13+,14-,15-/m1/s1. The molecule has 23 heavy (non-hydrogen) atoms. The maximum Gasteiger partial charge on any atom is 0.229 e. The Labute approximate surface area is 132 Å². The lowest BCUT2D eigenvalue weighted by molar-refractivity contribution is -0.277. The number of ether oxygens (including phenoxy) is 3. The van der Waals surface area contributed by atoms with Crippen LogP contribution in [-0.4, -0.2) is 70.6 Å². The third-order valence-electron chi connectivity index (χ3n) is 3.66. The topological polar surface area (TPSA) is 126 Å². The molecule has 8 nitrogen and oxygen atoms in total. The molecule has 1 aliphatic rings. The second-order valence-electron chi connectivity index (χ2n) is 5.24. The summed E-state index contributed by atoms with van der Waals surface area (Å²) >= 11 is 0. The van der Waals surface area contributed by atoms with Crippen molar-refractivity contribution >= 4 is 5.78 Å². The van der Waals surface area contributed by atoms with Crippen LogP contribution in [0.15, 0.2) is 18.2 Å². The molecule has 0 saturated carbocycles. The first-order chi connectivity index (χ1) is 10.9. The van der Waals surface area contributed by atoms with Crippen LogP contribution in [0.1, 0.15) is 17.3 Å². The molecule has 0 spiro atoms. The number of aliphatic hydroxyl groups excluding tert-OH is 4. The third kappa shape index (κ3) is 3.62. The highest BCUT2D eigenvalue weighted by Gasteiger charge is 2.44. The average molecular weight is 328 g/mol. The van der Waals surface area contributed by atoms with E-state index >= 15 is 0 Å². The highest BCUT2D eigenvalue weighted by Crippen LogP contribution is 2.32. The number of carbonyl (C=O) groups excluding carboxylic acids is 1. The lowest BCUT2D eigenvalue weighted by atomic mass is 9.99. The minimum Gasteiger partial charge on any atom is -0.493 e. The van der Waals surface area contributed by atoms with Gasteiger partial charge in [-0.15, -0.1) is 0 Å². The van der Waals surface area contributed by atoms with Gasteiger partial charge in [-0.2, -0.15) is 0 Å². The number of benzene rings is 1. The van der Waals surface area contributed by atoms with Gasteiger partial charge in [0.15, 0.2) is 17.3 Å². The molecular weight excluding hydrogens is 308 g/mol. The minimum atomic E-state index is -1.53. The van der Waals surface area contributed by atoms with Crippen molar-refractivity contribution in [1.82, 2.24) is 0 Å². The number of rotatable bonds is 5. The molecule has 0 amide bonds. The minimum absolute atomic E-state index is 0.150. The van der Waals surface area contributed by atoms with Crippen molar-refractivity contribution in [2.24, 2.45) is 0 Å². The predicted molar refractivity (Wildman–Crippen MR) is 77.4 cm³/mol. The Morgan fingerprint density at radius 1 is 1.17 bits per heavy atom. The van der Waals surface area contributed by atoms with Gasteiger partial charge in [0.05, 0.1) is 13.7 Å². The summed E-state index contributed by atoms with van der Waals surface area (Å²) in [7, 11) is 1.39. The SMILES string of the molecule is COc1cc(C(C)=O)ccc1O[C@@H]1O[C@H](CO)[C@H](O)[C@H](O)[C@H]1O. The van der Waals surface area contributed by atoms with E-state index in [1.54, 1.807) is 0 Å². The van der Waals surface area contributed by atoms with E-state index < -0.39 is 37.3 Å². The number of methoxy groups -OCH3 is 1. The molecule has 0 aliphatic carbocycles. The molecule has 0 aromatic heterocycles. The van der Waals surface area contributed by atoms with E-state index in [0.29, 0.717) is 5.56 Å². The average Bonchev–Trinajstić information content (AvgIpc) is 2.55. The van der Waals surface area contributed by atoms with Gasteiger partial charge >= 0.3 is 0 Å². The Morgan fingerprint density at radius 2 is 1.87 bits per heavy atom.